The fraction of sp³-hybridized carbons (Fsp3) is 0.179. The van der Waals surface area contributed by atoms with Crippen LogP contribution < -0.4 is 4.74 Å². The maximum atomic E-state index is 13.6. The monoisotopic (exact) mass is 442 g/mol. The van der Waals surface area contributed by atoms with Crippen LogP contribution in [0.25, 0.3) is 16.9 Å². The van der Waals surface area contributed by atoms with E-state index in [9.17, 15) is 4.39 Å². The molecule has 3 aromatic carbocycles. The lowest BCUT2D eigenvalue weighted by Gasteiger charge is -2.13. The number of nitrogens with zero attached hydrogens (tertiary/aromatic N) is 2. The minimum atomic E-state index is -0.256. The van der Waals surface area contributed by atoms with E-state index in [2.05, 4.69) is 53.9 Å². The third-order valence-electron chi connectivity index (χ3n) is 5.66. The van der Waals surface area contributed by atoms with E-state index in [0.29, 0.717) is 6.61 Å². The summed E-state index contributed by atoms with van der Waals surface area (Å²) in [7, 11) is 1.64. The highest BCUT2D eigenvalue weighted by Gasteiger charge is 2.17. The van der Waals surface area contributed by atoms with E-state index in [4.69, 9.17) is 9.57 Å². The van der Waals surface area contributed by atoms with Crippen LogP contribution in [0.3, 0.4) is 0 Å². The predicted molar refractivity (Wildman–Crippen MR) is 131 cm³/mol. The molecule has 4 rings (SSSR count). The molecule has 0 spiro atoms. The molecular weight excluding hydrogens is 415 g/mol. The molecule has 0 aliphatic heterocycles. The summed E-state index contributed by atoms with van der Waals surface area (Å²) >= 11 is 0. The topological polar surface area (TPSA) is 35.8 Å². The van der Waals surface area contributed by atoms with Crippen LogP contribution in [-0.2, 0) is 11.4 Å². The van der Waals surface area contributed by atoms with E-state index in [1.54, 1.807) is 19.2 Å². The van der Waals surface area contributed by atoms with Crippen LogP contribution in [0, 0.1) is 19.7 Å². The third kappa shape index (κ3) is 4.98. The van der Waals surface area contributed by atoms with E-state index >= 15 is 0 Å². The second kappa shape index (κ2) is 9.74. The van der Waals surface area contributed by atoms with Crippen LogP contribution in [0.1, 0.15) is 29.3 Å². The lowest BCUT2D eigenvalue weighted by atomic mass is 10.1. The third-order valence-corrected chi connectivity index (χ3v) is 5.66. The van der Waals surface area contributed by atoms with Crippen molar-refractivity contribution in [1.82, 2.24) is 4.57 Å². The van der Waals surface area contributed by atoms with Gasteiger partial charge in [-0.15, -0.1) is 0 Å². The second-order valence-corrected chi connectivity index (χ2v) is 8.00. The maximum absolute atomic E-state index is 13.6. The quantitative estimate of drug-likeness (QED) is 0.232. The number of aryl methyl sites for hydroxylation is 1. The molecule has 0 aliphatic rings. The molecule has 0 fully saturated rings. The average Bonchev–Trinajstić information content (AvgIpc) is 3.17. The second-order valence-electron chi connectivity index (χ2n) is 8.00. The number of rotatable bonds is 7. The first kappa shape index (κ1) is 22.3. The summed E-state index contributed by atoms with van der Waals surface area (Å²) in [5.41, 5.74) is 7.92. The standard InChI is InChI=1S/C28H27FN2O2/c1-19-5-13-25(14-6-19)31-21(3)27(17-28(31)23-9-11-24(29)12-10-23)20(2)30-33-18-22-7-15-26(32-4)16-8-22/h5-17H,18H2,1-4H3/b30-20+. The van der Waals surface area contributed by atoms with Gasteiger partial charge in [-0.25, -0.2) is 4.39 Å². The summed E-state index contributed by atoms with van der Waals surface area (Å²) < 4.78 is 20.9. The van der Waals surface area contributed by atoms with Crippen molar-refractivity contribution in [1.29, 1.82) is 0 Å². The van der Waals surface area contributed by atoms with Gasteiger partial charge in [0.05, 0.1) is 18.5 Å². The van der Waals surface area contributed by atoms with Crippen molar-refractivity contribution in [2.45, 2.75) is 27.4 Å². The van der Waals surface area contributed by atoms with Crippen LogP contribution in [0.5, 0.6) is 5.75 Å². The molecule has 1 heterocycles. The lowest BCUT2D eigenvalue weighted by Crippen LogP contribution is -2.02. The van der Waals surface area contributed by atoms with Gasteiger partial charge in [-0.1, -0.05) is 35.0 Å². The van der Waals surface area contributed by atoms with Crippen LogP contribution in [0.2, 0.25) is 0 Å². The van der Waals surface area contributed by atoms with E-state index in [1.807, 2.05) is 31.2 Å². The molecule has 0 radical (unpaired) electrons. The molecule has 0 bridgehead atoms. The van der Waals surface area contributed by atoms with Gasteiger partial charge < -0.3 is 14.1 Å². The zero-order valence-corrected chi connectivity index (χ0v) is 19.3. The summed E-state index contributed by atoms with van der Waals surface area (Å²) in [4.78, 5) is 5.64. The molecule has 0 atom stereocenters. The predicted octanol–water partition coefficient (Wildman–Crippen LogP) is 6.85. The molecule has 1 aromatic heterocycles. The molecule has 4 nitrogen and oxygen atoms in total. The minimum Gasteiger partial charge on any atom is -0.497 e. The summed E-state index contributed by atoms with van der Waals surface area (Å²) in [5.74, 6) is 0.550. The smallest absolute Gasteiger partial charge is 0.142 e. The fourth-order valence-electron chi connectivity index (χ4n) is 3.81. The molecule has 168 valence electrons. The Hall–Kier alpha value is -3.86. The Bertz CT molecular complexity index is 1260. The first-order valence-corrected chi connectivity index (χ1v) is 10.8. The van der Waals surface area contributed by atoms with Gasteiger partial charge in [0, 0.05) is 16.9 Å². The number of hydrogen-bond donors (Lipinski definition) is 0. The Labute approximate surface area is 193 Å². The van der Waals surface area contributed by atoms with Crippen LogP contribution >= 0.6 is 0 Å². The molecule has 33 heavy (non-hydrogen) atoms. The summed E-state index contributed by atoms with van der Waals surface area (Å²) in [6.45, 7) is 6.43. The number of methoxy groups -OCH3 is 1. The van der Waals surface area contributed by atoms with Gasteiger partial charge in [0.25, 0.3) is 0 Å². The largest absolute Gasteiger partial charge is 0.497 e. The average molecular weight is 443 g/mol. The Kier molecular flexibility index (Phi) is 6.59. The zero-order valence-electron chi connectivity index (χ0n) is 19.3. The van der Waals surface area contributed by atoms with Gasteiger partial charge in [-0.3, -0.25) is 0 Å². The van der Waals surface area contributed by atoms with Crippen molar-refractivity contribution in [2.24, 2.45) is 5.16 Å². The van der Waals surface area contributed by atoms with Gasteiger partial charge >= 0.3 is 0 Å². The van der Waals surface area contributed by atoms with Gasteiger partial charge in [0.1, 0.15) is 18.2 Å². The van der Waals surface area contributed by atoms with Crippen LogP contribution in [0.15, 0.2) is 84.0 Å². The molecule has 5 heteroatoms. The van der Waals surface area contributed by atoms with Crippen molar-refractivity contribution in [3.8, 4) is 22.7 Å². The highest BCUT2D eigenvalue weighted by molar-refractivity contribution is 6.01. The van der Waals surface area contributed by atoms with Gasteiger partial charge in [-0.05, 0) is 86.5 Å². The maximum Gasteiger partial charge on any atom is 0.142 e. The highest BCUT2D eigenvalue weighted by atomic mass is 19.1. The van der Waals surface area contributed by atoms with Crippen LogP contribution in [-0.4, -0.2) is 17.4 Å². The van der Waals surface area contributed by atoms with Crippen molar-refractivity contribution < 1.29 is 14.0 Å². The van der Waals surface area contributed by atoms with E-state index in [-0.39, 0.29) is 5.82 Å². The SMILES string of the molecule is COc1ccc(CO/N=C(\C)c2cc(-c3ccc(F)cc3)n(-c3ccc(C)cc3)c2C)cc1. The zero-order chi connectivity index (χ0) is 23.4. The fourth-order valence-corrected chi connectivity index (χ4v) is 3.81. The van der Waals surface area contributed by atoms with Crippen LogP contribution in [0.4, 0.5) is 4.39 Å². The number of ether oxygens (including phenoxy) is 1. The first-order chi connectivity index (χ1) is 16.0. The lowest BCUT2D eigenvalue weighted by molar-refractivity contribution is 0.130. The summed E-state index contributed by atoms with van der Waals surface area (Å²) in [5, 5.41) is 4.38. The summed E-state index contributed by atoms with van der Waals surface area (Å²) in [6.07, 6.45) is 0. The van der Waals surface area contributed by atoms with Crippen molar-refractivity contribution in [3.63, 3.8) is 0 Å². The normalized spacial score (nSPS) is 11.5. The summed E-state index contributed by atoms with van der Waals surface area (Å²) in [6, 6.07) is 24.7. The van der Waals surface area contributed by atoms with E-state index in [0.717, 1.165) is 45.2 Å². The molecule has 4 aromatic rings. The van der Waals surface area contributed by atoms with E-state index < -0.39 is 0 Å². The molecule has 0 aliphatic carbocycles. The number of hydrogen-bond acceptors (Lipinski definition) is 3. The molecule has 0 unspecified atom stereocenters. The van der Waals surface area contributed by atoms with Gasteiger partial charge in [0.15, 0.2) is 0 Å². The van der Waals surface area contributed by atoms with E-state index in [1.165, 1.54) is 17.7 Å². The number of halogens is 1. The Morgan fingerprint density at radius 1 is 0.909 bits per heavy atom. The molecule has 0 amide bonds. The molecular formula is C28H27FN2O2. The van der Waals surface area contributed by atoms with Crippen molar-refractivity contribution >= 4 is 5.71 Å². The minimum absolute atomic E-state index is 0.256. The molecule has 0 saturated heterocycles. The molecule has 0 saturated carbocycles. The van der Waals surface area contributed by atoms with Crippen molar-refractivity contribution in [2.75, 3.05) is 7.11 Å². The van der Waals surface area contributed by atoms with Gasteiger partial charge in [-0.2, -0.15) is 0 Å². The number of aromatic nitrogens is 1. The van der Waals surface area contributed by atoms with Crippen molar-refractivity contribution in [3.05, 3.63) is 107 Å². The molecule has 0 N–H and O–H groups in total. The highest BCUT2D eigenvalue weighted by Crippen LogP contribution is 2.30. The number of oxime groups is 1. The number of benzene rings is 3. The Morgan fingerprint density at radius 2 is 1.58 bits per heavy atom. The van der Waals surface area contributed by atoms with Gasteiger partial charge in [0.2, 0.25) is 0 Å². The Balaban J connectivity index is 1.67. The Morgan fingerprint density at radius 3 is 2.21 bits per heavy atom. The first-order valence-electron chi connectivity index (χ1n) is 10.8.